The number of carbonyl (C=O) groups is 2. The molecule has 25 heavy (non-hydrogen) atoms. The molecule has 0 N–H and O–H groups in total. The zero-order chi connectivity index (χ0) is 18.2. The molecule has 0 aromatic heterocycles. The van der Waals surface area contributed by atoms with Crippen molar-refractivity contribution in [3.8, 4) is 5.75 Å². The van der Waals surface area contributed by atoms with Crippen LogP contribution in [0.4, 0.5) is 4.79 Å². The smallest absolute Gasteiger partial charge is 0.289 e. The fraction of sp³-hybridized carbons (Fsp3) is 0.500. The highest BCUT2D eigenvalue weighted by Gasteiger charge is 2.42. The first-order valence-electron chi connectivity index (χ1n) is 8.04. The van der Waals surface area contributed by atoms with E-state index in [1.807, 2.05) is 13.8 Å². The highest BCUT2D eigenvalue weighted by molar-refractivity contribution is 8.14. The molecule has 2 heterocycles. The van der Waals surface area contributed by atoms with Crippen molar-refractivity contribution >= 4 is 32.9 Å². The molecule has 3 rings (SSSR count). The summed E-state index contributed by atoms with van der Waals surface area (Å²) < 4.78 is 32.4. The summed E-state index contributed by atoms with van der Waals surface area (Å²) in [5.74, 6) is 0.507. The Morgan fingerprint density at radius 3 is 2.44 bits per heavy atom. The molecule has 0 bridgehead atoms. The third-order valence-corrected chi connectivity index (χ3v) is 6.82. The lowest BCUT2D eigenvalue weighted by molar-refractivity contribution is -0.126. The number of sulfonamides is 1. The van der Waals surface area contributed by atoms with Gasteiger partial charge >= 0.3 is 0 Å². The maximum atomic E-state index is 12.8. The summed E-state index contributed by atoms with van der Waals surface area (Å²) in [6, 6.07) is 5.91. The van der Waals surface area contributed by atoms with E-state index in [9.17, 15) is 18.0 Å². The van der Waals surface area contributed by atoms with Gasteiger partial charge in [-0.05, 0) is 44.5 Å². The Bertz CT molecular complexity index is 760. The molecule has 2 aliphatic heterocycles. The van der Waals surface area contributed by atoms with Crippen molar-refractivity contribution in [2.75, 3.05) is 18.8 Å². The van der Waals surface area contributed by atoms with Crippen LogP contribution in [0.15, 0.2) is 29.2 Å². The molecule has 1 atom stereocenters. The molecule has 2 saturated heterocycles. The largest absolute Gasteiger partial charge is 0.491 e. The number of hydrogen-bond donors (Lipinski definition) is 0. The first-order chi connectivity index (χ1) is 11.8. The summed E-state index contributed by atoms with van der Waals surface area (Å²) in [7, 11) is -3.66. The summed E-state index contributed by atoms with van der Waals surface area (Å²) in [5.41, 5.74) is 0. The van der Waals surface area contributed by atoms with Crippen molar-refractivity contribution in [3.05, 3.63) is 24.3 Å². The van der Waals surface area contributed by atoms with Crippen LogP contribution < -0.4 is 4.74 Å². The van der Waals surface area contributed by atoms with Gasteiger partial charge < -0.3 is 4.74 Å². The molecule has 1 aromatic carbocycles. The minimum absolute atomic E-state index is 0.00945. The molecule has 9 heteroatoms. The van der Waals surface area contributed by atoms with E-state index in [-0.39, 0.29) is 40.5 Å². The lowest BCUT2D eigenvalue weighted by Crippen LogP contribution is -2.41. The van der Waals surface area contributed by atoms with Gasteiger partial charge in [0.1, 0.15) is 5.75 Å². The third kappa shape index (κ3) is 3.68. The number of benzene rings is 1. The second-order valence-electron chi connectivity index (χ2n) is 6.26. The molecule has 2 fully saturated rings. The standard InChI is InChI=1S/C16H20N2O5S2/c1-11(2)23-13-3-5-14(6-4-13)25(21,22)17-8-7-12(9-17)18-15(19)10-24-16(18)20/h3-6,11-12H,7-10H2,1-2H3. The minimum atomic E-state index is -3.66. The number of amides is 2. The highest BCUT2D eigenvalue weighted by atomic mass is 32.2. The molecule has 0 radical (unpaired) electrons. The second kappa shape index (κ2) is 6.97. The lowest BCUT2D eigenvalue weighted by atomic mass is 10.2. The fourth-order valence-corrected chi connectivity index (χ4v) is 5.24. The number of thioether (sulfide) groups is 1. The van der Waals surface area contributed by atoms with Gasteiger partial charge in [0.15, 0.2) is 0 Å². The van der Waals surface area contributed by atoms with Crippen molar-refractivity contribution in [3.63, 3.8) is 0 Å². The number of carbonyl (C=O) groups excluding carboxylic acids is 2. The summed E-state index contributed by atoms with van der Waals surface area (Å²) in [6.45, 7) is 4.23. The third-order valence-electron chi connectivity index (χ3n) is 4.11. The number of nitrogens with zero attached hydrogens (tertiary/aromatic N) is 2. The monoisotopic (exact) mass is 384 g/mol. The van der Waals surface area contributed by atoms with Crippen molar-refractivity contribution < 1.29 is 22.7 Å². The van der Waals surface area contributed by atoms with Gasteiger partial charge in [0.25, 0.3) is 5.24 Å². The van der Waals surface area contributed by atoms with Gasteiger partial charge in [-0.2, -0.15) is 4.31 Å². The molecule has 1 aromatic rings. The topological polar surface area (TPSA) is 84.0 Å². The maximum absolute atomic E-state index is 12.8. The Labute approximate surface area is 151 Å². The van der Waals surface area contributed by atoms with Crippen molar-refractivity contribution in [1.82, 2.24) is 9.21 Å². The number of hydrogen-bond acceptors (Lipinski definition) is 6. The summed E-state index contributed by atoms with van der Waals surface area (Å²) >= 11 is 0.967. The first-order valence-corrected chi connectivity index (χ1v) is 10.5. The molecule has 2 aliphatic rings. The quantitative estimate of drug-likeness (QED) is 0.771. The Kier molecular flexibility index (Phi) is 5.08. The number of imide groups is 1. The normalized spacial score (nSPS) is 22.2. The van der Waals surface area contributed by atoms with Crippen LogP contribution in [0.3, 0.4) is 0 Å². The molecule has 0 saturated carbocycles. The highest BCUT2D eigenvalue weighted by Crippen LogP contribution is 2.29. The van der Waals surface area contributed by atoms with E-state index in [2.05, 4.69) is 0 Å². The molecule has 1 unspecified atom stereocenters. The average molecular weight is 384 g/mol. The van der Waals surface area contributed by atoms with Crippen LogP contribution in [-0.2, 0) is 14.8 Å². The van der Waals surface area contributed by atoms with Crippen LogP contribution >= 0.6 is 11.8 Å². The lowest BCUT2D eigenvalue weighted by Gasteiger charge is -2.22. The molecule has 7 nitrogen and oxygen atoms in total. The summed E-state index contributed by atoms with van der Waals surface area (Å²) in [4.78, 5) is 25.0. The Hall–Kier alpha value is -1.58. The average Bonchev–Trinajstić information content (AvgIpc) is 3.14. The zero-order valence-corrected chi connectivity index (χ0v) is 15.7. The minimum Gasteiger partial charge on any atom is -0.491 e. The second-order valence-corrected chi connectivity index (χ2v) is 9.13. The van der Waals surface area contributed by atoms with Gasteiger partial charge in [0.05, 0.1) is 22.8 Å². The fourth-order valence-electron chi connectivity index (χ4n) is 2.97. The molecule has 136 valence electrons. The van der Waals surface area contributed by atoms with Crippen LogP contribution in [0.5, 0.6) is 5.75 Å². The van der Waals surface area contributed by atoms with E-state index in [1.165, 1.54) is 21.3 Å². The van der Waals surface area contributed by atoms with Crippen molar-refractivity contribution in [2.24, 2.45) is 0 Å². The van der Waals surface area contributed by atoms with Gasteiger partial charge in [-0.25, -0.2) is 8.42 Å². The Balaban J connectivity index is 1.73. The van der Waals surface area contributed by atoms with Gasteiger partial charge in [0.2, 0.25) is 15.9 Å². The van der Waals surface area contributed by atoms with Crippen LogP contribution in [0.25, 0.3) is 0 Å². The zero-order valence-electron chi connectivity index (χ0n) is 14.0. The summed E-state index contributed by atoms with van der Waals surface area (Å²) in [6.07, 6.45) is 0.474. The SMILES string of the molecule is CC(C)Oc1ccc(S(=O)(=O)N2CCC(N3C(=O)CSC3=O)C2)cc1. The molecule has 0 spiro atoms. The van der Waals surface area contributed by atoms with E-state index in [1.54, 1.807) is 12.1 Å². The maximum Gasteiger partial charge on any atom is 0.289 e. The number of ether oxygens (including phenoxy) is 1. The van der Waals surface area contributed by atoms with E-state index in [0.29, 0.717) is 18.7 Å². The number of rotatable bonds is 5. The van der Waals surface area contributed by atoms with Crippen molar-refractivity contribution in [2.45, 2.75) is 37.3 Å². The van der Waals surface area contributed by atoms with Crippen LogP contribution in [0, 0.1) is 0 Å². The predicted octanol–water partition coefficient (Wildman–Crippen LogP) is 1.93. The molecule has 2 amide bonds. The molecule has 0 aliphatic carbocycles. The summed E-state index contributed by atoms with van der Waals surface area (Å²) in [5, 5.41) is -0.288. The van der Waals surface area contributed by atoms with Crippen LogP contribution in [0.1, 0.15) is 20.3 Å². The van der Waals surface area contributed by atoms with Gasteiger partial charge in [0, 0.05) is 13.1 Å². The van der Waals surface area contributed by atoms with Crippen LogP contribution in [0.2, 0.25) is 0 Å². The van der Waals surface area contributed by atoms with E-state index in [4.69, 9.17) is 4.74 Å². The van der Waals surface area contributed by atoms with E-state index in [0.717, 1.165) is 11.8 Å². The van der Waals surface area contributed by atoms with Crippen molar-refractivity contribution in [1.29, 1.82) is 0 Å². The van der Waals surface area contributed by atoms with Gasteiger partial charge in [-0.15, -0.1) is 0 Å². The Morgan fingerprint density at radius 1 is 1.20 bits per heavy atom. The van der Waals surface area contributed by atoms with E-state index < -0.39 is 10.0 Å². The van der Waals surface area contributed by atoms with Crippen LogP contribution in [-0.4, -0.2) is 59.8 Å². The molecular weight excluding hydrogens is 364 g/mol. The van der Waals surface area contributed by atoms with E-state index >= 15 is 0 Å². The predicted molar refractivity (Wildman–Crippen MR) is 94.1 cm³/mol. The van der Waals surface area contributed by atoms with Gasteiger partial charge in [-0.3, -0.25) is 14.5 Å². The Morgan fingerprint density at radius 2 is 1.88 bits per heavy atom. The van der Waals surface area contributed by atoms with Gasteiger partial charge in [-0.1, -0.05) is 11.8 Å². The molecular formula is C16H20N2O5S2. The first kappa shape index (κ1) is 18.2.